The van der Waals surface area contributed by atoms with E-state index >= 15 is 0 Å². The Morgan fingerprint density at radius 1 is 1.62 bits per heavy atom. The van der Waals surface area contributed by atoms with Gasteiger partial charge >= 0.3 is 0 Å². The minimum Gasteiger partial charge on any atom is -0.324 e. The fourth-order valence-electron chi connectivity index (χ4n) is 1.09. The van der Waals surface area contributed by atoms with E-state index in [1.165, 1.54) is 12.1 Å². The molecule has 1 aromatic carbocycles. The van der Waals surface area contributed by atoms with E-state index in [0.29, 0.717) is 0 Å². The van der Waals surface area contributed by atoms with Crippen LogP contribution in [-0.4, -0.2) is 0 Å². The number of nitriles is 1. The molecule has 0 amide bonds. The number of hydrogen-bond acceptors (Lipinski definition) is 2. The monoisotopic (exact) mass is 178 g/mol. The van der Waals surface area contributed by atoms with Crippen LogP contribution in [0.3, 0.4) is 0 Å². The highest BCUT2D eigenvalue weighted by Crippen LogP contribution is 2.16. The lowest BCUT2D eigenvalue weighted by molar-refractivity contribution is 0.619. The van der Waals surface area contributed by atoms with E-state index < -0.39 is 5.82 Å². The number of nitrogens with zero attached hydrogens (tertiary/aromatic N) is 1. The molecule has 1 aromatic rings. The highest BCUT2D eigenvalue weighted by Gasteiger charge is 2.07. The third-order valence-electron chi connectivity index (χ3n) is 1.98. The minimum absolute atomic E-state index is 0.0569. The van der Waals surface area contributed by atoms with E-state index in [9.17, 15) is 4.39 Å². The van der Waals surface area contributed by atoms with Crippen LogP contribution in [-0.2, 0) is 0 Å². The second-order valence-corrected chi connectivity index (χ2v) is 2.87. The molecule has 0 aliphatic rings. The molecule has 2 nitrogen and oxygen atoms in total. The van der Waals surface area contributed by atoms with Crippen LogP contribution < -0.4 is 5.73 Å². The zero-order valence-corrected chi connectivity index (χ0v) is 7.42. The summed E-state index contributed by atoms with van der Waals surface area (Å²) in [4.78, 5) is 0. The molecule has 0 radical (unpaired) electrons. The lowest BCUT2D eigenvalue weighted by Gasteiger charge is -2.08. The maximum absolute atomic E-state index is 12.9. The average molecular weight is 178 g/mol. The molecular formula is C10H11FN2. The van der Waals surface area contributed by atoms with Crippen LogP contribution in [0.2, 0.25) is 0 Å². The molecule has 0 spiro atoms. The first kappa shape index (κ1) is 9.69. The highest BCUT2D eigenvalue weighted by atomic mass is 19.1. The largest absolute Gasteiger partial charge is 0.324 e. The van der Waals surface area contributed by atoms with Crippen molar-refractivity contribution in [3.8, 4) is 6.07 Å². The molecular weight excluding hydrogens is 167 g/mol. The van der Waals surface area contributed by atoms with Gasteiger partial charge in [-0.3, -0.25) is 0 Å². The summed E-state index contributed by atoms with van der Waals surface area (Å²) in [5.74, 6) is -0.491. The van der Waals surface area contributed by atoms with Crippen LogP contribution in [0.5, 0.6) is 0 Å². The summed E-state index contributed by atoms with van der Waals surface area (Å²) in [7, 11) is 0. The van der Waals surface area contributed by atoms with Gasteiger partial charge < -0.3 is 5.73 Å². The molecule has 0 heterocycles. The molecule has 2 N–H and O–H groups in total. The lowest BCUT2D eigenvalue weighted by Crippen LogP contribution is -2.08. The van der Waals surface area contributed by atoms with Crippen LogP contribution in [0, 0.1) is 17.1 Å². The zero-order chi connectivity index (χ0) is 9.84. The quantitative estimate of drug-likeness (QED) is 0.754. The fourth-order valence-corrected chi connectivity index (χ4v) is 1.09. The number of benzene rings is 1. The summed E-state index contributed by atoms with van der Waals surface area (Å²) >= 11 is 0. The molecule has 0 saturated heterocycles. The Bertz CT molecular complexity index is 341. The molecule has 0 aliphatic carbocycles. The predicted molar refractivity (Wildman–Crippen MR) is 48.3 cm³/mol. The third-order valence-corrected chi connectivity index (χ3v) is 1.98. The summed E-state index contributed by atoms with van der Waals surface area (Å²) in [6.07, 6.45) is 0.774. The van der Waals surface area contributed by atoms with E-state index in [0.717, 1.165) is 12.0 Å². The van der Waals surface area contributed by atoms with Crippen LogP contribution in [0.25, 0.3) is 0 Å². The Morgan fingerprint density at radius 2 is 2.31 bits per heavy atom. The molecule has 0 fully saturated rings. The van der Waals surface area contributed by atoms with Crippen LogP contribution in [0.15, 0.2) is 18.2 Å². The molecule has 0 saturated carbocycles. The molecule has 68 valence electrons. The van der Waals surface area contributed by atoms with Crippen molar-refractivity contribution in [1.82, 2.24) is 0 Å². The van der Waals surface area contributed by atoms with Gasteiger partial charge in [-0.25, -0.2) is 4.39 Å². The van der Waals surface area contributed by atoms with Crippen molar-refractivity contribution in [3.63, 3.8) is 0 Å². The topological polar surface area (TPSA) is 49.8 Å². The highest BCUT2D eigenvalue weighted by molar-refractivity contribution is 5.35. The SMILES string of the molecule is CC[C@@H](N)c1ccc(F)c(C#N)c1. The summed E-state index contributed by atoms with van der Waals surface area (Å²) in [5, 5.41) is 8.57. The lowest BCUT2D eigenvalue weighted by atomic mass is 10.0. The van der Waals surface area contributed by atoms with Crippen molar-refractivity contribution >= 4 is 0 Å². The van der Waals surface area contributed by atoms with E-state index in [-0.39, 0.29) is 11.6 Å². The first-order chi connectivity index (χ1) is 6.19. The van der Waals surface area contributed by atoms with Crippen molar-refractivity contribution in [2.75, 3.05) is 0 Å². The third kappa shape index (κ3) is 2.04. The Hall–Kier alpha value is -1.40. The van der Waals surface area contributed by atoms with E-state index in [1.54, 1.807) is 12.1 Å². The Morgan fingerprint density at radius 3 is 2.85 bits per heavy atom. The maximum atomic E-state index is 12.9. The van der Waals surface area contributed by atoms with E-state index in [1.807, 2.05) is 6.92 Å². The number of halogens is 1. The van der Waals surface area contributed by atoms with E-state index in [2.05, 4.69) is 0 Å². The Labute approximate surface area is 76.8 Å². The van der Waals surface area contributed by atoms with Gasteiger partial charge in [-0.05, 0) is 24.1 Å². The predicted octanol–water partition coefficient (Wildman–Crippen LogP) is 2.11. The molecule has 0 aromatic heterocycles. The zero-order valence-electron chi connectivity index (χ0n) is 7.42. The number of rotatable bonds is 2. The Balaban J connectivity index is 3.08. The molecule has 0 unspecified atom stereocenters. The van der Waals surface area contributed by atoms with Gasteiger partial charge in [-0.2, -0.15) is 5.26 Å². The summed E-state index contributed by atoms with van der Waals surface area (Å²) in [6.45, 7) is 1.94. The molecule has 3 heteroatoms. The molecule has 1 rings (SSSR count). The molecule has 13 heavy (non-hydrogen) atoms. The van der Waals surface area contributed by atoms with Gasteiger partial charge in [-0.1, -0.05) is 13.0 Å². The molecule has 1 atom stereocenters. The molecule has 0 aliphatic heterocycles. The van der Waals surface area contributed by atoms with Crippen molar-refractivity contribution in [2.45, 2.75) is 19.4 Å². The summed E-state index contributed by atoms with van der Waals surface area (Å²) in [6, 6.07) is 6.07. The first-order valence-electron chi connectivity index (χ1n) is 4.14. The van der Waals surface area contributed by atoms with Gasteiger partial charge in [0.1, 0.15) is 11.9 Å². The minimum atomic E-state index is -0.491. The molecule has 0 bridgehead atoms. The standard InChI is InChI=1S/C10H11FN2/c1-2-10(13)7-3-4-9(11)8(5-7)6-12/h3-5,10H,2,13H2,1H3/t10-/m1/s1. The average Bonchev–Trinajstić information content (AvgIpc) is 2.17. The second kappa shape index (κ2) is 4.01. The fraction of sp³-hybridized carbons (Fsp3) is 0.300. The van der Waals surface area contributed by atoms with Crippen LogP contribution >= 0.6 is 0 Å². The summed E-state index contributed by atoms with van der Waals surface area (Å²) in [5.41, 5.74) is 6.60. The first-order valence-corrected chi connectivity index (χ1v) is 4.14. The van der Waals surface area contributed by atoms with Gasteiger partial charge in [0.2, 0.25) is 0 Å². The van der Waals surface area contributed by atoms with Gasteiger partial charge in [0.05, 0.1) is 5.56 Å². The second-order valence-electron chi connectivity index (χ2n) is 2.87. The van der Waals surface area contributed by atoms with Gasteiger partial charge in [0.25, 0.3) is 0 Å². The number of hydrogen-bond donors (Lipinski definition) is 1. The van der Waals surface area contributed by atoms with Gasteiger partial charge in [0, 0.05) is 6.04 Å². The van der Waals surface area contributed by atoms with Crippen molar-refractivity contribution < 1.29 is 4.39 Å². The normalized spacial score (nSPS) is 12.2. The van der Waals surface area contributed by atoms with Crippen LogP contribution in [0.1, 0.15) is 30.5 Å². The van der Waals surface area contributed by atoms with E-state index in [4.69, 9.17) is 11.0 Å². The van der Waals surface area contributed by atoms with Crippen LogP contribution in [0.4, 0.5) is 4.39 Å². The maximum Gasteiger partial charge on any atom is 0.140 e. The van der Waals surface area contributed by atoms with Gasteiger partial charge in [0.15, 0.2) is 0 Å². The van der Waals surface area contributed by atoms with Gasteiger partial charge in [-0.15, -0.1) is 0 Å². The Kier molecular flexibility index (Phi) is 2.99. The number of nitrogens with two attached hydrogens (primary N) is 1. The van der Waals surface area contributed by atoms with Crippen molar-refractivity contribution in [3.05, 3.63) is 35.1 Å². The summed E-state index contributed by atoms with van der Waals surface area (Å²) < 4.78 is 12.9. The van der Waals surface area contributed by atoms with Crippen molar-refractivity contribution in [2.24, 2.45) is 5.73 Å². The van der Waals surface area contributed by atoms with Crippen molar-refractivity contribution in [1.29, 1.82) is 5.26 Å². The smallest absolute Gasteiger partial charge is 0.140 e.